The number of hydrogen-bond donors (Lipinski definition) is 1. The van der Waals surface area contributed by atoms with Crippen LogP contribution in [-0.4, -0.2) is 26.1 Å². The second-order valence-electron chi connectivity index (χ2n) is 5.81. The monoisotopic (exact) mass is 357 g/mol. The first-order valence-electron chi connectivity index (χ1n) is 7.66. The molecule has 25 heavy (non-hydrogen) atoms. The Kier molecular flexibility index (Phi) is 4.76. The zero-order valence-corrected chi connectivity index (χ0v) is 14.7. The third-order valence-electron chi connectivity index (χ3n) is 3.59. The van der Waals surface area contributed by atoms with Crippen LogP contribution >= 0.6 is 11.6 Å². The highest BCUT2D eigenvalue weighted by Crippen LogP contribution is 2.25. The van der Waals surface area contributed by atoms with Gasteiger partial charge in [0.05, 0.1) is 11.2 Å². The molecule has 128 valence electrons. The maximum absolute atomic E-state index is 12.6. The normalized spacial score (nSPS) is 10.9. The first kappa shape index (κ1) is 17.0. The molecule has 1 N–H and O–H groups in total. The Morgan fingerprint density at radius 3 is 2.80 bits per heavy atom. The van der Waals surface area contributed by atoms with Crippen molar-refractivity contribution < 1.29 is 9.21 Å². The molecule has 0 spiro atoms. The van der Waals surface area contributed by atoms with Crippen LogP contribution in [0.5, 0.6) is 0 Å². The van der Waals surface area contributed by atoms with E-state index < -0.39 is 5.91 Å². The van der Waals surface area contributed by atoms with Gasteiger partial charge >= 0.3 is 0 Å². The van der Waals surface area contributed by atoms with Gasteiger partial charge in [-0.1, -0.05) is 31.5 Å². The van der Waals surface area contributed by atoms with E-state index in [1.807, 2.05) is 32.9 Å². The molecule has 2 aromatic heterocycles. The highest BCUT2D eigenvalue weighted by molar-refractivity contribution is 6.33. The minimum absolute atomic E-state index is 0.0893. The van der Waals surface area contributed by atoms with Crippen LogP contribution in [0.25, 0.3) is 11.5 Å². The molecule has 1 aromatic carbocycles. The van der Waals surface area contributed by atoms with Crippen LogP contribution in [0.4, 0.5) is 5.69 Å². The summed E-state index contributed by atoms with van der Waals surface area (Å²) in [5.74, 6) is 0.620. The molecule has 2 heterocycles. The van der Waals surface area contributed by atoms with E-state index in [4.69, 9.17) is 16.0 Å². The van der Waals surface area contributed by atoms with E-state index in [0.717, 1.165) is 5.56 Å². The highest BCUT2D eigenvalue weighted by Gasteiger charge is 2.17. The van der Waals surface area contributed by atoms with Gasteiger partial charge in [0.15, 0.2) is 5.69 Å². The fraction of sp³-hybridized carbons (Fsp3) is 0.235. The number of aryl methyl sites for hydroxylation is 1. The van der Waals surface area contributed by atoms with E-state index in [9.17, 15) is 4.79 Å². The fourth-order valence-corrected chi connectivity index (χ4v) is 2.37. The van der Waals surface area contributed by atoms with Crippen LogP contribution in [0, 0.1) is 6.92 Å². The Morgan fingerprint density at radius 2 is 2.12 bits per heavy atom. The predicted molar refractivity (Wildman–Crippen MR) is 93.6 cm³/mol. The SMILES string of the molecule is Cc1ccc(-c2nnco2)cc1NC(=O)c1nc(C(C)C)ncc1Cl. The van der Waals surface area contributed by atoms with Gasteiger partial charge in [-0.15, -0.1) is 10.2 Å². The number of amides is 1. The molecule has 0 unspecified atom stereocenters. The molecule has 8 heteroatoms. The van der Waals surface area contributed by atoms with Gasteiger partial charge in [-0.05, 0) is 24.6 Å². The molecule has 0 saturated heterocycles. The summed E-state index contributed by atoms with van der Waals surface area (Å²) in [7, 11) is 0. The Morgan fingerprint density at radius 1 is 1.32 bits per heavy atom. The quantitative estimate of drug-likeness (QED) is 0.761. The van der Waals surface area contributed by atoms with E-state index in [2.05, 4.69) is 25.5 Å². The summed E-state index contributed by atoms with van der Waals surface area (Å²) in [5.41, 5.74) is 2.34. The molecule has 0 aliphatic rings. The first-order valence-corrected chi connectivity index (χ1v) is 8.04. The third-order valence-corrected chi connectivity index (χ3v) is 3.86. The average Bonchev–Trinajstić information content (AvgIpc) is 3.11. The van der Waals surface area contributed by atoms with E-state index in [0.29, 0.717) is 23.0 Å². The number of carbonyl (C=O) groups is 1. The number of rotatable bonds is 4. The van der Waals surface area contributed by atoms with Crippen molar-refractivity contribution in [1.82, 2.24) is 20.2 Å². The zero-order valence-electron chi connectivity index (χ0n) is 13.9. The Bertz CT molecular complexity index is 909. The lowest BCUT2D eigenvalue weighted by Crippen LogP contribution is -2.17. The van der Waals surface area contributed by atoms with Crippen LogP contribution in [0.1, 0.15) is 41.6 Å². The van der Waals surface area contributed by atoms with Crippen molar-refractivity contribution in [3.63, 3.8) is 0 Å². The van der Waals surface area contributed by atoms with E-state index in [-0.39, 0.29) is 16.6 Å². The second-order valence-corrected chi connectivity index (χ2v) is 6.21. The van der Waals surface area contributed by atoms with Crippen molar-refractivity contribution in [3.05, 3.63) is 52.9 Å². The number of nitrogens with one attached hydrogen (secondary N) is 1. The molecule has 0 radical (unpaired) electrons. The van der Waals surface area contributed by atoms with Crippen molar-refractivity contribution in [3.8, 4) is 11.5 Å². The van der Waals surface area contributed by atoms with Crippen molar-refractivity contribution >= 4 is 23.2 Å². The number of halogens is 1. The van der Waals surface area contributed by atoms with Gasteiger partial charge in [0.2, 0.25) is 12.3 Å². The number of benzene rings is 1. The van der Waals surface area contributed by atoms with Gasteiger partial charge in [0.25, 0.3) is 5.91 Å². The fourth-order valence-electron chi connectivity index (χ4n) is 2.19. The molecule has 3 aromatic rings. The van der Waals surface area contributed by atoms with Gasteiger partial charge in [0, 0.05) is 17.2 Å². The maximum atomic E-state index is 12.6. The Labute approximate surface area is 149 Å². The molecular formula is C17H16ClN5O2. The highest BCUT2D eigenvalue weighted by atomic mass is 35.5. The molecule has 0 fully saturated rings. The maximum Gasteiger partial charge on any atom is 0.275 e. The van der Waals surface area contributed by atoms with Crippen LogP contribution in [-0.2, 0) is 0 Å². The second kappa shape index (κ2) is 6.98. The molecule has 0 aliphatic heterocycles. The van der Waals surface area contributed by atoms with E-state index in [1.54, 1.807) is 6.07 Å². The minimum Gasteiger partial charge on any atom is -0.423 e. The summed E-state index contributed by atoms with van der Waals surface area (Å²) in [5, 5.41) is 10.6. The largest absolute Gasteiger partial charge is 0.423 e. The molecule has 0 bridgehead atoms. The number of carbonyl (C=O) groups excluding carboxylic acids is 1. The first-order chi connectivity index (χ1) is 12.0. The molecule has 0 saturated carbocycles. The lowest BCUT2D eigenvalue weighted by molar-refractivity contribution is 0.102. The molecule has 0 aliphatic carbocycles. The summed E-state index contributed by atoms with van der Waals surface area (Å²) < 4.78 is 5.19. The Balaban J connectivity index is 1.91. The summed E-state index contributed by atoms with van der Waals surface area (Å²) in [4.78, 5) is 21.0. The number of aromatic nitrogens is 4. The number of hydrogen-bond acceptors (Lipinski definition) is 6. The molecular weight excluding hydrogens is 342 g/mol. The summed E-state index contributed by atoms with van der Waals surface area (Å²) in [6, 6.07) is 5.46. The van der Waals surface area contributed by atoms with Crippen LogP contribution in [0.2, 0.25) is 5.02 Å². The lowest BCUT2D eigenvalue weighted by atomic mass is 10.1. The molecule has 7 nitrogen and oxygen atoms in total. The van der Waals surface area contributed by atoms with Crippen LogP contribution in [0.15, 0.2) is 35.2 Å². The number of anilines is 1. The van der Waals surface area contributed by atoms with Crippen LogP contribution < -0.4 is 5.32 Å². The minimum atomic E-state index is -0.403. The van der Waals surface area contributed by atoms with Gasteiger partial charge in [-0.25, -0.2) is 9.97 Å². The van der Waals surface area contributed by atoms with E-state index in [1.165, 1.54) is 12.6 Å². The van der Waals surface area contributed by atoms with Crippen molar-refractivity contribution in [2.75, 3.05) is 5.32 Å². The van der Waals surface area contributed by atoms with Crippen molar-refractivity contribution in [2.45, 2.75) is 26.7 Å². The third kappa shape index (κ3) is 3.66. The lowest BCUT2D eigenvalue weighted by Gasteiger charge is -2.11. The van der Waals surface area contributed by atoms with Crippen molar-refractivity contribution in [2.24, 2.45) is 0 Å². The van der Waals surface area contributed by atoms with Gasteiger partial charge in [-0.2, -0.15) is 0 Å². The molecule has 1 amide bonds. The Hall–Kier alpha value is -2.80. The van der Waals surface area contributed by atoms with Gasteiger partial charge < -0.3 is 9.73 Å². The zero-order chi connectivity index (χ0) is 18.0. The van der Waals surface area contributed by atoms with Crippen LogP contribution in [0.3, 0.4) is 0 Å². The standard InChI is InChI=1S/C17H16ClN5O2/c1-9(2)15-19-7-12(18)14(22-15)16(24)21-13-6-11(5-4-10(13)3)17-23-20-8-25-17/h4-9H,1-3H3,(H,21,24). The summed E-state index contributed by atoms with van der Waals surface area (Å²) in [6.45, 7) is 5.78. The molecule has 0 atom stereocenters. The summed E-state index contributed by atoms with van der Waals surface area (Å²) >= 11 is 6.10. The smallest absolute Gasteiger partial charge is 0.275 e. The van der Waals surface area contributed by atoms with E-state index >= 15 is 0 Å². The number of nitrogens with zero attached hydrogens (tertiary/aromatic N) is 4. The van der Waals surface area contributed by atoms with Gasteiger partial charge in [-0.3, -0.25) is 4.79 Å². The van der Waals surface area contributed by atoms with Gasteiger partial charge in [0.1, 0.15) is 5.82 Å². The van der Waals surface area contributed by atoms with Crippen molar-refractivity contribution in [1.29, 1.82) is 0 Å². The predicted octanol–water partition coefficient (Wildman–Crippen LogP) is 3.86. The topological polar surface area (TPSA) is 93.8 Å². The average molecular weight is 358 g/mol. The summed E-state index contributed by atoms with van der Waals surface area (Å²) in [6.07, 6.45) is 2.70. The molecule has 3 rings (SSSR count).